The predicted molar refractivity (Wildman–Crippen MR) is 180 cm³/mol. The molecule has 248 valence electrons. The van der Waals surface area contributed by atoms with Crippen LogP contribution in [0.5, 0.6) is 5.75 Å². The summed E-state index contributed by atoms with van der Waals surface area (Å²) in [6.07, 6.45) is 9.48. The molecular formula is C37H44N4O5S. The Morgan fingerprint density at radius 3 is 2.49 bits per heavy atom. The van der Waals surface area contributed by atoms with E-state index < -0.39 is 21.3 Å². The number of nitrogens with zero attached hydrogens (tertiary/aromatic N) is 3. The highest BCUT2D eigenvalue weighted by atomic mass is 32.2. The zero-order valence-corrected chi connectivity index (χ0v) is 28.2. The van der Waals surface area contributed by atoms with Gasteiger partial charge in [-0.2, -0.15) is 0 Å². The Morgan fingerprint density at radius 2 is 1.77 bits per heavy atom. The average Bonchev–Trinajstić information content (AvgIpc) is 3.98. The molecular weight excluding hydrogens is 612 g/mol. The molecule has 3 aromatic rings. The minimum atomic E-state index is -3.71. The van der Waals surface area contributed by atoms with Gasteiger partial charge < -0.3 is 19.1 Å². The Kier molecular flexibility index (Phi) is 6.69. The molecule has 10 heteroatoms. The van der Waals surface area contributed by atoms with Crippen LogP contribution in [0.1, 0.15) is 91.1 Å². The maximum absolute atomic E-state index is 14.8. The number of likely N-dealkylation sites (tertiary alicyclic amines) is 2. The molecule has 1 aromatic heterocycles. The number of likely N-dealkylation sites (N-methyl/N-ethyl adjacent to an activating group) is 1. The zero-order valence-electron chi connectivity index (χ0n) is 27.3. The predicted octanol–water partition coefficient (Wildman–Crippen LogP) is 5.24. The molecule has 0 spiro atoms. The summed E-state index contributed by atoms with van der Waals surface area (Å²) in [5.41, 5.74) is 5.49. The molecule has 2 amide bonds. The van der Waals surface area contributed by atoms with Crippen molar-refractivity contribution < 1.29 is 22.7 Å². The standard InChI is InChI=1S/C37H44N4O5S/c1-39-18-25-15-26(19-39)41(25)36(43)37-17-31(37)30-16-27(46-2)11-13-28(30)34-33(23-6-4-3-5-7-23)29-12-10-24(14-32(29)40(34)21-37)35(42)38-47(44,45)20-22-8-9-22/h10-14,16,22-23,25-26,31H,3-9,15,17-21H2,1-2H3,(H,38,42). The van der Waals surface area contributed by atoms with Crippen LogP contribution in [0.2, 0.25) is 0 Å². The van der Waals surface area contributed by atoms with Gasteiger partial charge in [-0.05, 0) is 98.9 Å². The van der Waals surface area contributed by atoms with Crippen molar-refractivity contribution in [2.24, 2.45) is 11.3 Å². The molecule has 2 aromatic carbocycles. The maximum Gasteiger partial charge on any atom is 0.264 e. The monoisotopic (exact) mass is 656 g/mol. The van der Waals surface area contributed by atoms with Crippen LogP contribution in [-0.2, 0) is 21.4 Å². The second-order valence-electron chi connectivity index (χ2n) is 15.4. The van der Waals surface area contributed by atoms with Crippen molar-refractivity contribution in [2.75, 3.05) is 33.0 Å². The van der Waals surface area contributed by atoms with E-state index in [1.807, 2.05) is 18.2 Å². The lowest BCUT2D eigenvalue weighted by atomic mass is 9.81. The fourth-order valence-corrected chi connectivity index (χ4v) is 11.1. The number of hydrogen-bond acceptors (Lipinski definition) is 6. The molecule has 0 radical (unpaired) electrons. The van der Waals surface area contributed by atoms with Crippen LogP contribution in [0.25, 0.3) is 22.2 Å². The first kappa shape index (κ1) is 29.7. The quantitative estimate of drug-likeness (QED) is 0.374. The largest absolute Gasteiger partial charge is 0.497 e. The molecule has 3 saturated carbocycles. The zero-order chi connectivity index (χ0) is 32.2. The van der Waals surface area contributed by atoms with Gasteiger partial charge in [-0.3, -0.25) is 9.59 Å². The first-order valence-corrected chi connectivity index (χ1v) is 19.2. The number of hydrogen-bond donors (Lipinski definition) is 1. The number of piperidine rings is 1. The summed E-state index contributed by atoms with van der Waals surface area (Å²) >= 11 is 0. The van der Waals surface area contributed by atoms with Crippen molar-refractivity contribution in [1.29, 1.82) is 0 Å². The van der Waals surface area contributed by atoms with Crippen molar-refractivity contribution in [3.8, 4) is 17.0 Å². The van der Waals surface area contributed by atoms with Crippen LogP contribution in [0.15, 0.2) is 36.4 Å². The first-order valence-electron chi connectivity index (χ1n) is 17.6. The van der Waals surface area contributed by atoms with Gasteiger partial charge in [-0.25, -0.2) is 13.1 Å². The lowest BCUT2D eigenvalue weighted by Gasteiger charge is -2.56. The van der Waals surface area contributed by atoms with Crippen LogP contribution >= 0.6 is 0 Å². The first-order chi connectivity index (χ1) is 22.7. The molecule has 5 fully saturated rings. The Labute approximate surface area is 276 Å². The third kappa shape index (κ3) is 4.76. The number of carbonyl (C=O) groups excluding carboxylic acids is 2. The van der Waals surface area contributed by atoms with Crippen LogP contribution in [0.3, 0.4) is 0 Å². The molecule has 47 heavy (non-hydrogen) atoms. The fraction of sp³-hybridized carbons (Fsp3) is 0.568. The van der Waals surface area contributed by atoms with Gasteiger partial charge >= 0.3 is 0 Å². The number of sulfonamides is 1. The number of fused-ring (bicyclic) bond motifs is 9. The van der Waals surface area contributed by atoms with Gasteiger partial charge in [0.1, 0.15) is 5.75 Å². The lowest BCUT2D eigenvalue weighted by molar-refractivity contribution is -0.159. The molecule has 2 bridgehead atoms. The highest BCUT2D eigenvalue weighted by Gasteiger charge is 2.66. The molecule has 3 aliphatic heterocycles. The number of amides is 2. The second kappa shape index (κ2) is 10.6. The van der Waals surface area contributed by atoms with E-state index in [2.05, 4.69) is 38.3 Å². The van der Waals surface area contributed by atoms with Crippen LogP contribution < -0.4 is 9.46 Å². The lowest BCUT2D eigenvalue weighted by Crippen LogP contribution is -2.70. The van der Waals surface area contributed by atoms with E-state index in [1.165, 1.54) is 30.4 Å². The summed E-state index contributed by atoms with van der Waals surface area (Å²) in [5.74, 6) is 1.08. The number of piperazine rings is 1. The number of rotatable bonds is 7. The van der Waals surface area contributed by atoms with Gasteiger partial charge in [0.05, 0.1) is 24.0 Å². The van der Waals surface area contributed by atoms with E-state index in [0.717, 1.165) is 79.5 Å². The number of benzene rings is 2. The molecule has 9 rings (SSSR count). The van der Waals surface area contributed by atoms with Gasteiger partial charge in [0.15, 0.2) is 0 Å². The molecule has 4 heterocycles. The Bertz CT molecular complexity index is 1910. The minimum absolute atomic E-state index is 0.00607. The number of ether oxygens (including phenoxy) is 1. The fourth-order valence-electron chi connectivity index (χ4n) is 9.67. The molecule has 1 N–H and O–H groups in total. The molecule has 9 nitrogen and oxygen atoms in total. The van der Waals surface area contributed by atoms with Gasteiger partial charge in [0.25, 0.3) is 5.91 Å². The Morgan fingerprint density at radius 1 is 1.00 bits per heavy atom. The third-order valence-electron chi connectivity index (χ3n) is 12.2. The molecule has 4 atom stereocenters. The van der Waals surface area contributed by atoms with E-state index in [-0.39, 0.29) is 35.6 Å². The van der Waals surface area contributed by atoms with Gasteiger partial charge in [0.2, 0.25) is 15.9 Å². The maximum atomic E-state index is 14.8. The minimum Gasteiger partial charge on any atom is -0.497 e. The van der Waals surface area contributed by atoms with Crippen molar-refractivity contribution in [3.63, 3.8) is 0 Å². The van der Waals surface area contributed by atoms with E-state index >= 15 is 0 Å². The van der Waals surface area contributed by atoms with Crippen molar-refractivity contribution >= 4 is 32.7 Å². The number of aromatic nitrogens is 1. The summed E-state index contributed by atoms with van der Waals surface area (Å²) in [5, 5.41) is 1.11. The summed E-state index contributed by atoms with van der Waals surface area (Å²) in [6.45, 7) is 2.38. The van der Waals surface area contributed by atoms with Crippen LogP contribution in [0, 0.1) is 11.3 Å². The molecule has 3 aliphatic carbocycles. The summed E-state index contributed by atoms with van der Waals surface area (Å²) in [7, 11) is 0.127. The molecule has 6 aliphatic rings. The van der Waals surface area contributed by atoms with Crippen LogP contribution in [0.4, 0.5) is 0 Å². The van der Waals surface area contributed by atoms with Gasteiger partial charge in [-0.1, -0.05) is 25.3 Å². The SMILES string of the molecule is COc1ccc2c(c1)C1CC1(C(=O)N1C3CC1CN(C)C3)Cn1c-2c(C2CCCCC2)c2ccc(C(=O)NS(=O)(=O)CC3CC3)cc21. The van der Waals surface area contributed by atoms with E-state index in [4.69, 9.17) is 4.74 Å². The summed E-state index contributed by atoms with van der Waals surface area (Å²) in [4.78, 5) is 32.8. The number of carbonyl (C=O) groups is 2. The van der Waals surface area contributed by atoms with E-state index in [9.17, 15) is 18.0 Å². The molecule has 4 unspecified atom stereocenters. The van der Waals surface area contributed by atoms with Gasteiger partial charge in [0, 0.05) is 59.7 Å². The molecule has 2 saturated heterocycles. The topological polar surface area (TPSA) is 101 Å². The Hall–Kier alpha value is -3.37. The van der Waals surface area contributed by atoms with E-state index in [0.29, 0.717) is 18.0 Å². The van der Waals surface area contributed by atoms with E-state index in [1.54, 1.807) is 13.2 Å². The smallest absolute Gasteiger partial charge is 0.264 e. The third-order valence-corrected chi connectivity index (χ3v) is 13.6. The van der Waals surface area contributed by atoms with Crippen molar-refractivity contribution in [1.82, 2.24) is 19.1 Å². The average molecular weight is 657 g/mol. The number of nitrogens with one attached hydrogen (secondary N) is 1. The highest BCUT2D eigenvalue weighted by Crippen LogP contribution is 2.67. The second-order valence-corrected chi connectivity index (χ2v) is 17.2. The Balaban J connectivity index is 1.20. The van der Waals surface area contributed by atoms with Crippen molar-refractivity contribution in [3.05, 3.63) is 53.1 Å². The van der Waals surface area contributed by atoms with Crippen molar-refractivity contribution in [2.45, 2.75) is 88.3 Å². The summed E-state index contributed by atoms with van der Waals surface area (Å²) in [6, 6.07) is 12.6. The van der Waals surface area contributed by atoms with Gasteiger partial charge in [-0.15, -0.1) is 0 Å². The number of methoxy groups -OCH3 is 1. The summed E-state index contributed by atoms with van der Waals surface area (Å²) < 4.78 is 36.0. The highest BCUT2D eigenvalue weighted by molar-refractivity contribution is 7.90. The van der Waals surface area contributed by atoms with Crippen LogP contribution in [-0.4, -0.2) is 79.7 Å². The normalized spacial score (nSPS) is 28.5.